The van der Waals surface area contributed by atoms with Crippen molar-refractivity contribution in [1.82, 2.24) is 5.43 Å². The quantitative estimate of drug-likeness (QED) is 0.0810. The van der Waals surface area contributed by atoms with Gasteiger partial charge in [0, 0.05) is 21.3 Å². The summed E-state index contributed by atoms with van der Waals surface area (Å²) in [6.07, 6.45) is 1.40. The number of esters is 1. The highest BCUT2D eigenvalue weighted by atomic mass is 35.5. The molecule has 0 aliphatic heterocycles. The summed E-state index contributed by atoms with van der Waals surface area (Å²) < 4.78 is 39.5. The summed E-state index contributed by atoms with van der Waals surface area (Å²) in [4.78, 5) is 25.8. The standard InChI is InChI=1S/C31H24ClN3O6S2/c1-19-7-14-23(15-8-19)43(38,39)35-22-12-10-21(11-13-22)30(36)34-33-18-20-9-16-25(26(17-20)40-2)41-31(37)29-28(32)24-5-3-4-6-27(24)42-29/h3-18,35H,1-2H3,(H,34,36)/b33-18+. The van der Waals surface area contributed by atoms with Crippen molar-refractivity contribution >= 4 is 66.8 Å². The fraction of sp³-hybridized carbons (Fsp3) is 0.0645. The number of anilines is 1. The van der Waals surface area contributed by atoms with Gasteiger partial charge in [0.05, 0.1) is 23.2 Å². The molecule has 2 N–H and O–H groups in total. The Morgan fingerprint density at radius 1 is 0.930 bits per heavy atom. The number of ether oxygens (including phenoxy) is 2. The van der Waals surface area contributed by atoms with Crippen molar-refractivity contribution in [2.45, 2.75) is 11.8 Å². The van der Waals surface area contributed by atoms with Gasteiger partial charge in [0.15, 0.2) is 11.5 Å². The van der Waals surface area contributed by atoms with E-state index in [2.05, 4.69) is 15.2 Å². The van der Waals surface area contributed by atoms with Crippen molar-refractivity contribution in [1.29, 1.82) is 0 Å². The number of thiophene rings is 1. The van der Waals surface area contributed by atoms with Gasteiger partial charge in [-0.15, -0.1) is 11.3 Å². The maximum Gasteiger partial charge on any atom is 0.355 e. The lowest BCUT2D eigenvalue weighted by atomic mass is 10.2. The lowest BCUT2D eigenvalue weighted by Gasteiger charge is -2.09. The summed E-state index contributed by atoms with van der Waals surface area (Å²) in [6, 6.07) is 24.6. The van der Waals surface area contributed by atoms with Crippen LogP contribution in [0.25, 0.3) is 10.1 Å². The second-order valence-corrected chi connectivity index (χ2v) is 12.3. The lowest BCUT2D eigenvalue weighted by Crippen LogP contribution is -2.18. The van der Waals surface area contributed by atoms with Gasteiger partial charge in [0.2, 0.25) is 0 Å². The van der Waals surface area contributed by atoms with Crippen molar-refractivity contribution in [3.8, 4) is 11.5 Å². The van der Waals surface area contributed by atoms with Crippen LogP contribution in [0.5, 0.6) is 11.5 Å². The number of hydrazone groups is 1. The molecule has 1 amide bonds. The number of aryl methyl sites for hydroxylation is 1. The largest absolute Gasteiger partial charge is 0.493 e. The first-order valence-corrected chi connectivity index (χ1v) is 15.4. The number of amides is 1. The third-order valence-corrected chi connectivity index (χ3v) is 9.27. The van der Waals surface area contributed by atoms with E-state index in [4.69, 9.17) is 21.1 Å². The monoisotopic (exact) mass is 633 g/mol. The first kappa shape index (κ1) is 29.8. The number of nitrogens with zero attached hydrogens (tertiary/aromatic N) is 1. The fourth-order valence-corrected chi connectivity index (χ4v) is 6.43. The molecule has 1 aromatic heterocycles. The highest BCUT2D eigenvalue weighted by molar-refractivity contribution is 7.92. The van der Waals surface area contributed by atoms with Crippen LogP contribution in [0.3, 0.4) is 0 Å². The molecular formula is C31H24ClN3O6S2. The summed E-state index contributed by atoms with van der Waals surface area (Å²) in [5.41, 5.74) is 4.52. The average molecular weight is 634 g/mol. The normalized spacial score (nSPS) is 11.4. The molecular weight excluding hydrogens is 610 g/mol. The number of carbonyl (C=O) groups is 2. The zero-order chi connectivity index (χ0) is 30.6. The van der Waals surface area contributed by atoms with Crippen LogP contribution in [0.2, 0.25) is 5.02 Å². The molecule has 0 fully saturated rings. The van der Waals surface area contributed by atoms with Crippen molar-refractivity contribution < 1.29 is 27.5 Å². The van der Waals surface area contributed by atoms with Crippen molar-refractivity contribution in [2.75, 3.05) is 11.8 Å². The third kappa shape index (κ3) is 6.86. The van der Waals surface area contributed by atoms with Gasteiger partial charge >= 0.3 is 5.97 Å². The van der Waals surface area contributed by atoms with Gasteiger partial charge in [0.25, 0.3) is 15.9 Å². The molecule has 5 aromatic rings. The number of hydrogen-bond acceptors (Lipinski definition) is 8. The number of nitrogens with one attached hydrogen (secondary N) is 2. The molecule has 9 nitrogen and oxygen atoms in total. The van der Waals surface area contributed by atoms with Crippen LogP contribution in [0.1, 0.15) is 31.2 Å². The SMILES string of the molecule is COc1cc(/C=N/NC(=O)c2ccc(NS(=O)(=O)c3ccc(C)cc3)cc2)ccc1OC(=O)c1sc2ccccc2c1Cl. The van der Waals surface area contributed by atoms with Gasteiger partial charge < -0.3 is 9.47 Å². The minimum atomic E-state index is -3.76. The zero-order valence-electron chi connectivity index (χ0n) is 22.8. The second-order valence-electron chi connectivity index (χ2n) is 9.24. The smallest absolute Gasteiger partial charge is 0.355 e. The molecule has 218 valence electrons. The molecule has 0 bridgehead atoms. The predicted molar refractivity (Wildman–Crippen MR) is 168 cm³/mol. The molecule has 0 saturated carbocycles. The maximum atomic E-state index is 12.8. The molecule has 0 unspecified atom stereocenters. The lowest BCUT2D eigenvalue weighted by molar-refractivity contribution is 0.0734. The van der Waals surface area contributed by atoms with Gasteiger partial charge in [-0.1, -0.05) is 47.5 Å². The van der Waals surface area contributed by atoms with Gasteiger partial charge in [-0.05, 0) is 73.2 Å². The maximum absolute atomic E-state index is 12.8. The van der Waals surface area contributed by atoms with Gasteiger partial charge in [-0.3, -0.25) is 9.52 Å². The number of methoxy groups -OCH3 is 1. The van der Waals surface area contributed by atoms with E-state index >= 15 is 0 Å². The first-order valence-electron chi connectivity index (χ1n) is 12.7. The Labute approximate surface area is 256 Å². The topological polar surface area (TPSA) is 123 Å². The molecule has 0 aliphatic carbocycles. The summed E-state index contributed by atoms with van der Waals surface area (Å²) >= 11 is 7.65. The van der Waals surface area contributed by atoms with Crippen LogP contribution in [0.15, 0.2) is 101 Å². The molecule has 4 aromatic carbocycles. The predicted octanol–water partition coefficient (Wildman–Crippen LogP) is 6.66. The highest BCUT2D eigenvalue weighted by Crippen LogP contribution is 2.37. The van der Waals surface area contributed by atoms with Gasteiger partial charge in [-0.25, -0.2) is 18.6 Å². The minimum absolute atomic E-state index is 0.137. The summed E-state index contributed by atoms with van der Waals surface area (Å²) in [5.74, 6) is -0.626. The van der Waals surface area contributed by atoms with E-state index in [1.165, 1.54) is 61.1 Å². The molecule has 1 heterocycles. The summed E-state index contributed by atoms with van der Waals surface area (Å²) in [5, 5.41) is 5.09. The molecule has 5 rings (SSSR count). The van der Waals surface area contributed by atoms with E-state index in [-0.39, 0.29) is 26.8 Å². The Morgan fingerprint density at radius 3 is 2.35 bits per heavy atom. The number of hydrogen-bond donors (Lipinski definition) is 2. The Kier molecular flexibility index (Phi) is 8.76. The van der Waals surface area contributed by atoms with Gasteiger partial charge in [0.1, 0.15) is 4.88 Å². The molecule has 12 heteroatoms. The van der Waals surface area contributed by atoms with Crippen molar-refractivity contribution in [3.05, 3.63) is 118 Å². The van der Waals surface area contributed by atoms with E-state index in [1.807, 2.05) is 31.2 Å². The van der Waals surface area contributed by atoms with Crippen LogP contribution in [0, 0.1) is 6.92 Å². The summed E-state index contributed by atoms with van der Waals surface area (Å²) in [7, 11) is -2.33. The Morgan fingerprint density at radius 2 is 1.65 bits per heavy atom. The number of sulfonamides is 1. The van der Waals surface area contributed by atoms with Crippen LogP contribution >= 0.6 is 22.9 Å². The van der Waals surface area contributed by atoms with Crippen molar-refractivity contribution in [2.24, 2.45) is 5.10 Å². The van der Waals surface area contributed by atoms with Crippen LogP contribution in [-0.4, -0.2) is 33.6 Å². The third-order valence-electron chi connectivity index (χ3n) is 6.22. The Bertz CT molecular complexity index is 1950. The number of benzene rings is 4. The van der Waals surface area contributed by atoms with Gasteiger partial charge in [-0.2, -0.15) is 5.10 Å². The van der Waals surface area contributed by atoms with E-state index in [0.717, 1.165) is 15.6 Å². The molecule has 43 heavy (non-hydrogen) atoms. The van der Waals surface area contributed by atoms with E-state index in [0.29, 0.717) is 16.3 Å². The molecule has 0 spiro atoms. The second kappa shape index (κ2) is 12.7. The number of halogens is 1. The summed E-state index contributed by atoms with van der Waals surface area (Å²) in [6.45, 7) is 1.87. The molecule has 0 saturated heterocycles. The minimum Gasteiger partial charge on any atom is -0.493 e. The van der Waals surface area contributed by atoms with E-state index < -0.39 is 21.9 Å². The van der Waals surface area contributed by atoms with Crippen LogP contribution in [0.4, 0.5) is 5.69 Å². The number of fused-ring (bicyclic) bond motifs is 1. The number of rotatable bonds is 9. The van der Waals surface area contributed by atoms with E-state index in [9.17, 15) is 18.0 Å². The molecule has 0 aliphatic rings. The Hall–Kier alpha value is -4.71. The molecule has 0 atom stereocenters. The molecule has 0 radical (unpaired) electrons. The van der Waals surface area contributed by atoms with Crippen molar-refractivity contribution in [3.63, 3.8) is 0 Å². The van der Waals surface area contributed by atoms with E-state index in [1.54, 1.807) is 30.3 Å². The fourth-order valence-electron chi connectivity index (χ4n) is 3.99. The zero-order valence-corrected chi connectivity index (χ0v) is 25.2. The van der Waals surface area contributed by atoms with Crippen LogP contribution < -0.4 is 19.6 Å². The highest BCUT2D eigenvalue weighted by Gasteiger charge is 2.20. The first-order chi connectivity index (χ1) is 20.6. The van der Waals surface area contributed by atoms with Crippen LogP contribution in [-0.2, 0) is 10.0 Å². The average Bonchev–Trinajstić information content (AvgIpc) is 3.34. The Balaban J connectivity index is 1.20. The number of carbonyl (C=O) groups excluding carboxylic acids is 2.